The minimum Gasteiger partial charge on any atom is -0.374 e. The van der Waals surface area contributed by atoms with Crippen LogP contribution in [0.3, 0.4) is 0 Å². The van der Waals surface area contributed by atoms with Gasteiger partial charge in [-0.15, -0.1) is 0 Å². The van der Waals surface area contributed by atoms with Crippen molar-refractivity contribution in [3.63, 3.8) is 0 Å². The van der Waals surface area contributed by atoms with Crippen LogP contribution >= 0.6 is 22.6 Å². The molecule has 1 rings (SSSR count). The summed E-state index contributed by atoms with van der Waals surface area (Å²) in [5, 5.41) is 0. The summed E-state index contributed by atoms with van der Waals surface area (Å²) in [5.41, 5.74) is 0.373. The minimum absolute atomic E-state index is 0.373. The first kappa shape index (κ1) is 12.8. The number of halogens is 1. The van der Waals surface area contributed by atoms with Gasteiger partial charge in [0.25, 0.3) is 0 Å². The van der Waals surface area contributed by atoms with Gasteiger partial charge < -0.3 is 4.74 Å². The summed E-state index contributed by atoms with van der Waals surface area (Å²) in [6.07, 6.45) is 4.86. The molecule has 0 aromatic rings. The van der Waals surface area contributed by atoms with Crippen LogP contribution in [0.2, 0.25) is 0 Å². The van der Waals surface area contributed by atoms with E-state index < -0.39 is 0 Å². The molecule has 1 aliphatic rings. The molecule has 0 spiro atoms. The molecular weight excluding hydrogens is 287 g/mol. The predicted molar refractivity (Wildman–Crippen MR) is 70.0 cm³/mol. The van der Waals surface area contributed by atoms with Gasteiger partial charge in [0.1, 0.15) is 0 Å². The molecule has 1 aliphatic heterocycles. The fraction of sp³-hybridized carbons (Fsp3) is 1.00. The molecule has 0 saturated carbocycles. The number of hydrogen-bond donors (Lipinski definition) is 0. The lowest BCUT2D eigenvalue weighted by Crippen LogP contribution is -2.38. The van der Waals surface area contributed by atoms with Crippen LogP contribution in [0, 0.1) is 11.3 Å². The second-order valence-electron chi connectivity index (χ2n) is 5.54. The Morgan fingerprint density at radius 1 is 1.36 bits per heavy atom. The largest absolute Gasteiger partial charge is 0.374 e. The molecule has 1 nitrogen and oxygen atoms in total. The first-order valence-corrected chi connectivity index (χ1v) is 7.19. The van der Waals surface area contributed by atoms with Gasteiger partial charge in [0.15, 0.2) is 0 Å². The normalized spacial score (nSPS) is 31.5. The predicted octanol–water partition coefficient (Wildman–Crippen LogP) is 4.04. The van der Waals surface area contributed by atoms with Gasteiger partial charge in [0.05, 0.1) is 12.2 Å². The summed E-state index contributed by atoms with van der Waals surface area (Å²) in [5.74, 6) is 0.660. The van der Waals surface area contributed by atoms with E-state index in [9.17, 15) is 0 Å². The van der Waals surface area contributed by atoms with E-state index in [-0.39, 0.29) is 0 Å². The molecule has 1 heterocycles. The molecule has 0 aromatic carbocycles. The van der Waals surface area contributed by atoms with Crippen molar-refractivity contribution in [1.82, 2.24) is 0 Å². The highest BCUT2D eigenvalue weighted by molar-refractivity contribution is 14.1. The third-order valence-electron chi connectivity index (χ3n) is 3.48. The maximum absolute atomic E-state index is 6.12. The van der Waals surface area contributed by atoms with Crippen molar-refractivity contribution >= 4 is 22.6 Å². The second-order valence-corrected chi connectivity index (χ2v) is 6.42. The maximum Gasteiger partial charge on any atom is 0.0668 e. The molecule has 0 N–H and O–H groups in total. The highest BCUT2D eigenvalue weighted by atomic mass is 127. The van der Waals surface area contributed by atoms with Crippen LogP contribution in [-0.2, 0) is 4.74 Å². The summed E-state index contributed by atoms with van der Waals surface area (Å²) in [6, 6.07) is 0. The molecule has 2 heteroatoms. The Hall–Kier alpha value is 0.690. The minimum atomic E-state index is 0.373. The lowest BCUT2D eigenvalue weighted by Gasteiger charge is -2.39. The van der Waals surface area contributed by atoms with Crippen LogP contribution in [-0.4, -0.2) is 16.6 Å². The van der Waals surface area contributed by atoms with Crippen molar-refractivity contribution in [1.29, 1.82) is 0 Å². The van der Waals surface area contributed by atoms with Crippen molar-refractivity contribution in [2.45, 2.75) is 59.2 Å². The van der Waals surface area contributed by atoms with Crippen LogP contribution in [0.1, 0.15) is 47.0 Å². The summed E-state index contributed by atoms with van der Waals surface area (Å²) < 4.78 is 7.26. The van der Waals surface area contributed by atoms with Crippen LogP contribution in [0.15, 0.2) is 0 Å². The molecule has 1 saturated heterocycles. The van der Waals surface area contributed by atoms with Crippen molar-refractivity contribution < 1.29 is 4.74 Å². The van der Waals surface area contributed by atoms with E-state index in [0.717, 1.165) is 4.43 Å². The molecular formula is C12H23IO. The Morgan fingerprint density at radius 2 is 2.00 bits per heavy atom. The lowest BCUT2D eigenvalue weighted by atomic mass is 9.76. The standard InChI is InChI=1S/C12H23IO/c1-9(12(2,3)4)11-7-5-6-10(8-13)14-11/h9-11H,5-8H2,1-4H3. The van der Waals surface area contributed by atoms with E-state index >= 15 is 0 Å². The fourth-order valence-electron chi connectivity index (χ4n) is 1.97. The van der Waals surface area contributed by atoms with Crippen LogP contribution in [0.25, 0.3) is 0 Å². The number of hydrogen-bond acceptors (Lipinski definition) is 1. The van der Waals surface area contributed by atoms with Gasteiger partial charge in [-0.3, -0.25) is 0 Å². The molecule has 0 radical (unpaired) electrons. The summed E-state index contributed by atoms with van der Waals surface area (Å²) >= 11 is 2.44. The molecule has 0 bridgehead atoms. The Bertz CT molecular complexity index is 174. The molecule has 3 unspecified atom stereocenters. The average Bonchev–Trinajstić information content (AvgIpc) is 2.15. The third-order valence-corrected chi connectivity index (χ3v) is 4.46. The third kappa shape index (κ3) is 3.37. The van der Waals surface area contributed by atoms with E-state index in [1.54, 1.807) is 0 Å². The highest BCUT2D eigenvalue weighted by Crippen LogP contribution is 2.35. The van der Waals surface area contributed by atoms with E-state index in [1.165, 1.54) is 19.3 Å². The smallest absolute Gasteiger partial charge is 0.0668 e. The first-order valence-electron chi connectivity index (χ1n) is 5.66. The Balaban J connectivity index is 2.51. The van der Waals surface area contributed by atoms with Crippen molar-refractivity contribution in [3.8, 4) is 0 Å². The zero-order chi connectivity index (χ0) is 10.8. The zero-order valence-electron chi connectivity index (χ0n) is 9.85. The van der Waals surface area contributed by atoms with Gasteiger partial charge in [0, 0.05) is 4.43 Å². The van der Waals surface area contributed by atoms with Gasteiger partial charge in [-0.05, 0) is 30.6 Å². The van der Waals surface area contributed by atoms with Crippen LogP contribution in [0.4, 0.5) is 0 Å². The topological polar surface area (TPSA) is 9.23 Å². The van der Waals surface area contributed by atoms with Gasteiger partial charge >= 0.3 is 0 Å². The quantitative estimate of drug-likeness (QED) is 0.552. The van der Waals surface area contributed by atoms with Crippen molar-refractivity contribution in [2.75, 3.05) is 4.43 Å². The van der Waals surface area contributed by atoms with E-state index in [4.69, 9.17) is 4.74 Å². The monoisotopic (exact) mass is 310 g/mol. The van der Waals surface area contributed by atoms with Crippen LogP contribution < -0.4 is 0 Å². The number of ether oxygens (including phenoxy) is 1. The average molecular weight is 310 g/mol. The van der Waals surface area contributed by atoms with Gasteiger partial charge in [-0.1, -0.05) is 50.3 Å². The summed E-state index contributed by atoms with van der Waals surface area (Å²) in [7, 11) is 0. The zero-order valence-corrected chi connectivity index (χ0v) is 12.0. The Kier molecular flexibility index (Phi) is 4.69. The van der Waals surface area contributed by atoms with E-state index in [0.29, 0.717) is 23.5 Å². The lowest BCUT2D eigenvalue weighted by molar-refractivity contribution is -0.0837. The highest BCUT2D eigenvalue weighted by Gasteiger charge is 2.32. The van der Waals surface area contributed by atoms with Crippen LogP contribution in [0.5, 0.6) is 0 Å². The van der Waals surface area contributed by atoms with Crippen molar-refractivity contribution in [2.24, 2.45) is 11.3 Å². The van der Waals surface area contributed by atoms with Crippen molar-refractivity contribution in [3.05, 3.63) is 0 Å². The molecule has 14 heavy (non-hydrogen) atoms. The Labute approximate surface area is 102 Å². The SMILES string of the molecule is CC(C1CCCC(CI)O1)C(C)(C)C. The van der Waals surface area contributed by atoms with E-state index in [1.807, 2.05) is 0 Å². The first-order chi connectivity index (χ1) is 6.45. The number of rotatable bonds is 2. The molecule has 0 aromatic heterocycles. The molecule has 1 fully saturated rings. The Morgan fingerprint density at radius 3 is 2.50 bits per heavy atom. The van der Waals surface area contributed by atoms with Gasteiger partial charge in [-0.2, -0.15) is 0 Å². The molecule has 0 amide bonds. The summed E-state index contributed by atoms with van der Waals surface area (Å²) in [6.45, 7) is 9.28. The summed E-state index contributed by atoms with van der Waals surface area (Å²) in [4.78, 5) is 0. The molecule has 3 atom stereocenters. The maximum atomic E-state index is 6.12. The molecule has 84 valence electrons. The fourth-order valence-corrected chi connectivity index (χ4v) is 2.62. The van der Waals surface area contributed by atoms with Gasteiger partial charge in [0.2, 0.25) is 0 Å². The number of alkyl halides is 1. The molecule has 0 aliphatic carbocycles. The van der Waals surface area contributed by atoms with Gasteiger partial charge in [-0.25, -0.2) is 0 Å². The van der Waals surface area contributed by atoms with E-state index in [2.05, 4.69) is 50.3 Å². The second kappa shape index (κ2) is 5.15.